The van der Waals surface area contributed by atoms with E-state index >= 15 is 0 Å². The van der Waals surface area contributed by atoms with E-state index in [1.165, 1.54) is 7.11 Å². The molecule has 1 aliphatic rings. The first-order chi connectivity index (χ1) is 9.47. The van der Waals surface area contributed by atoms with Gasteiger partial charge in [0.2, 0.25) is 10.0 Å². The number of rotatable bonds is 7. The van der Waals surface area contributed by atoms with Crippen molar-refractivity contribution in [3.05, 3.63) is 23.8 Å². The first-order valence-electron chi connectivity index (χ1n) is 6.81. The fraction of sp³-hybridized carbons (Fsp3) is 0.571. The van der Waals surface area contributed by atoms with Gasteiger partial charge in [0.1, 0.15) is 10.6 Å². The highest BCUT2D eigenvalue weighted by molar-refractivity contribution is 7.89. The van der Waals surface area contributed by atoms with E-state index in [0.29, 0.717) is 18.2 Å². The summed E-state index contributed by atoms with van der Waals surface area (Å²) < 4.78 is 32.9. The van der Waals surface area contributed by atoms with Crippen LogP contribution in [0, 0.1) is 5.92 Å². The molecule has 2 N–H and O–H groups in total. The Morgan fingerprint density at radius 1 is 1.40 bits per heavy atom. The third-order valence-corrected chi connectivity index (χ3v) is 5.15. The lowest BCUT2D eigenvalue weighted by atomic mass is 10.2. The molecule has 0 amide bonds. The minimum atomic E-state index is -3.55. The molecule has 1 aromatic rings. The summed E-state index contributed by atoms with van der Waals surface area (Å²) in [5.41, 5.74) is 0.910. The zero-order chi connectivity index (χ0) is 14.8. The Hall–Kier alpha value is -1.11. The van der Waals surface area contributed by atoms with E-state index in [0.717, 1.165) is 18.4 Å². The fourth-order valence-electron chi connectivity index (χ4n) is 2.25. The molecule has 0 aliphatic heterocycles. The largest absolute Gasteiger partial charge is 0.495 e. The summed E-state index contributed by atoms with van der Waals surface area (Å²) in [4.78, 5) is 0.209. The van der Waals surface area contributed by atoms with Crippen molar-refractivity contribution in [2.75, 3.05) is 14.2 Å². The highest BCUT2D eigenvalue weighted by Gasteiger charge is 2.32. The predicted molar refractivity (Wildman–Crippen MR) is 78.3 cm³/mol. The third-order valence-electron chi connectivity index (χ3n) is 3.57. The molecule has 0 bridgehead atoms. The number of hydrogen-bond donors (Lipinski definition) is 2. The van der Waals surface area contributed by atoms with Gasteiger partial charge in [-0.3, -0.25) is 0 Å². The molecule has 0 heterocycles. The second-order valence-electron chi connectivity index (χ2n) is 5.26. The summed E-state index contributed by atoms with van der Waals surface area (Å²) in [5, 5.41) is 3.01. The van der Waals surface area contributed by atoms with Gasteiger partial charge in [-0.05, 0) is 50.4 Å². The van der Waals surface area contributed by atoms with Gasteiger partial charge >= 0.3 is 0 Å². The van der Waals surface area contributed by atoms with Gasteiger partial charge in [0.05, 0.1) is 7.11 Å². The van der Waals surface area contributed by atoms with Gasteiger partial charge < -0.3 is 10.1 Å². The zero-order valence-corrected chi connectivity index (χ0v) is 13.0. The number of methoxy groups -OCH3 is 1. The van der Waals surface area contributed by atoms with Crippen LogP contribution in [0.25, 0.3) is 0 Å². The van der Waals surface area contributed by atoms with Crippen molar-refractivity contribution in [2.24, 2.45) is 5.92 Å². The average Bonchev–Trinajstić information content (AvgIpc) is 3.23. The van der Waals surface area contributed by atoms with E-state index in [1.807, 2.05) is 20.0 Å². The molecule has 1 saturated carbocycles. The maximum atomic E-state index is 12.5. The number of nitrogens with one attached hydrogen (secondary N) is 2. The van der Waals surface area contributed by atoms with Crippen molar-refractivity contribution in [3.8, 4) is 5.75 Å². The second kappa shape index (κ2) is 6.11. The fourth-order valence-corrected chi connectivity index (χ4v) is 3.78. The van der Waals surface area contributed by atoms with Crippen molar-refractivity contribution in [1.82, 2.24) is 10.0 Å². The van der Waals surface area contributed by atoms with E-state index in [1.54, 1.807) is 12.1 Å². The Morgan fingerprint density at radius 2 is 2.10 bits per heavy atom. The van der Waals surface area contributed by atoms with Crippen molar-refractivity contribution in [3.63, 3.8) is 0 Å². The minimum Gasteiger partial charge on any atom is -0.495 e. The zero-order valence-electron chi connectivity index (χ0n) is 12.1. The Bertz CT molecular complexity index is 568. The molecular weight excluding hydrogens is 276 g/mol. The molecule has 5 nitrogen and oxygen atoms in total. The van der Waals surface area contributed by atoms with E-state index in [9.17, 15) is 8.42 Å². The lowest BCUT2D eigenvalue weighted by Crippen LogP contribution is -2.34. The van der Waals surface area contributed by atoms with Crippen LogP contribution in [-0.4, -0.2) is 28.6 Å². The maximum Gasteiger partial charge on any atom is 0.244 e. The summed E-state index contributed by atoms with van der Waals surface area (Å²) >= 11 is 0. The SMILES string of the molecule is CNCc1ccc(OC)c(S(=O)(=O)NC(C)C2CC2)c1. The number of hydrogen-bond acceptors (Lipinski definition) is 4. The lowest BCUT2D eigenvalue weighted by Gasteiger charge is -2.16. The number of sulfonamides is 1. The quantitative estimate of drug-likeness (QED) is 0.800. The van der Waals surface area contributed by atoms with Gasteiger partial charge in [-0.15, -0.1) is 0 Å². The second-order valence-corrected chi connectivity index (χ2v) is 6.95. The Morgan fingerprint density at radius 3 is 2.65 bits per heavy atom. The first-order valence-corrected chi connectivity index (χ1v) is 8.30. The third kappa shape index (κ3) is 3.50. The van der Waals surface area contributed by atoms with Crippen molar-refractivity contribution < 1.29 is 13.2 Å². The summed E-state index contributed by atoms with van der Waals surface area (Å²) in [6.07, 6.45) is 2.20. The molecule has 6 heteroatoms. The maximum absolute atomic E-state index is 12.5. The van der Waals surface area contributed by atoms with Crippen LogP contribution in [0.2, 0.25) is 0 Å². The van der Waals surface area contributed by atoms with Gasteiger partial charge in [0, 0.05) is 12.6 Å². The van der Waals surface area contributed by atoms with Crippen LogP contribution >= 0.6 is 0 Å². The molecule has 112 valence electrons. The highest BCUT2D eigenvalue weighted by Crippen LogP contribution is 2.33. The summed E-state index contributed by atoms with van der Waals surface area (Å²) in [7, 11) is -0.243. The lowest BCUT2D eigenvalue weighted by molar-refractivity contribution is 0.401. The van der Waals surface area contributed by atoms with Crippen molar-refractivity contribution in [2.45, 2.75) is 37.2 Å². The summed E-state index contributed by atoms with van der Waals surface area (Å²) in [5.74, 6) is 0.844. The van der Waals surface area contributed by atoms with Gasteiger partial charge in [-0.25, -0.2) is 13.1 Å². The highest BCUT2D eigenvalue weighted by atomic mass is 32.2. The first kappa shape index (κ1) is 15.3. The number of benzene rings is 1. The van der Waals surface area contributed by atoms with Crippen molar-refractivity contribution in [1.29, 1.82) is 0 Å². The molecule has 20 heavy (non-hydrogen) atoms. The molecule has 1 atom stereocenters. The number of ether oxygens (including phenoxy) is 1. The Kier molecular flexibility index (Phi) is 4.67. The van der Waals surface area contributed by atoms with Crippen LogP contribution in [0.4, 0.5) is 0 Å². The topological polar surface area (TPSA) is 67.4 Å². The van der Waals surface area contributed by atoms with Gasteiger partial charge in [0.15, 0.2) is 0 Å². The minimum absolute atomic E-state index is 0.0299. The molecule has 0 saturated heterocycles. The van der Waals surface area contributed by atoms with Crippen LogP contribution in [0.15, 0.2) is 23.1 Å². The smallest absolute Gasteiger partial charge is 0.244 e. The molecule has 0 spiro atoms. The van der Waals surface area contributed by atoms with Gasteiger partial charge in [0.25, 0.3) is 0 Å². The van der Waals surface area contributed by atoms with Crippen molar-refractivity contribution >= 4 is 10.0 Å². The van der Waals surface area contributed by atoms with Crippen LogP contribution in [0.1, 0.15) is 25.3 Å². The van der Waals surface area contributed by atoms with Gasteiger partial charge in [-0.1, -0.05) is 6.07 Å². The average molecular weight is 298 g/mol. The Labute approximate surface area is 120 Å². The predicted octanol–water partition coefficient (Wildman–Crippen LogP) is 1.49. The standard InChI is InChI=1S/C14H22N2O3S/c1-10(12-5-6-12)16-20(17,18)14-8-11(9-15-2)4-7-13(14)19-3/h4,7-8,10,12,15-16H,5-6,9H2,1-3H3. The van der Waals surface area contributed by atoms with E-state index < -0.39 is 10.0 Å². The molecule has 1 aromatic carbocycles. The van der Waals surface area contributed by atoms with Crippen LogP contribution in [0.5, 0.6) is 5.75 Å². The molecule has 2 rings (SSSR count). The van der Waals surface area contributed by atoms with Crippen LogP contribution in [-0.2, 0) is 16.6 Å². The van der Waals surface area contributed by atoms with E-state index in [4.69, 9.17) is 4.74 Å². The summed E-state index contributed by atoms with van der Waals surface area (Å²) in [6, 6.07) is 5.19. The van der Waals surface area contributed by atoms with Gasteiger partial charge in [-0.2, -0.15) is 0 Å². The normalized spacial score (nSPS) is 16.9. The Balaban J connectivity index is 2.29. The van der Waals surface area contributed by atoms with E-state index in [2.05, 4.69) is 10.0 Å². The summed E-state index contributed by atoms with van der Waals surface area (Å²) in [6.45, 7) is 2.53. The van der Waals surface area contributed by atoms with Crippen LogP contribution in [0.3, 0.4) is 0 Å². The molecule has 0 aromatic heterocycles. The monoisotopic (exact) mass is 298 g/mol. The molecule has 1 fully saturated rings. The van der Waals surface area contributed by atoms with Crippen LogP contribution < -0.4 is 14.8 Å². The molecule has 1 unspecified atom stereocenters. The van der Waals surface area contributed by atoms with E-state index in [-0.39, 0.29) is 10.9 Å². The molecule has 1 aliphatic carbocycles. The molecular formula is C14H22N2O3S. The molecule has 0 radical (unpaired) electrons.